The molecule has 0 spiro atoms. The van der Waals surface area contributed by atoms with Gasteiger partial charge in [-0.05, 0) is 45.4 Å². The zero-order chi connectivity index (χ0) is 16.9. The van der Waals surface area contributed by atoms with Gasteiger partial charge in [0.1, 0.15) is 5.82 Å². The van der Waals surface area contributed by atoms with E-state index in [0.29, 0.717) is 5.69 Å². The lowest BCUT2D eigenvalue weighted by Crippen LogP contribution is -2.47. The van der Waals surface area contributed by atoms with Gasteiger partial charge in [0.05, 0.1) is 13.1 Å². The summed E-state index contributed by atoms with van der Waals surface area (Å²) in [4.78, 5) is 25.1. The van der Waals surface area contributed by atoms with E-state index in [4.69, 9.17) is 0 Å². The molecule has 0 heterocycles. The summed E-state index contributed by atoms with van der Waals surface area (Å²) < 4.78 is 13.2. The molecule has 0 aromatic heterocycles. The topological polar surface area (TPSA) is 61.4 Å². The summed E-state index contributed by atoms with van der Waals surface area (Å²) in [5, 5.41) is 5.69. The summed E-state index contributed by atoms with van der Waals surface area (Å²) in [7, 11) is 1.56. The Morgan fingerprint density at radius 2 is 1.91 bits per heavy atom. The number of rotatable bonds is 5. The molecule has 0 saturated carbocycles. The minimum atomic E-state index is -0.363. The van der Waals surface area contributed by atoms with E-state index >= 15 is 0 Å². The van der Waals surface area contributed by atoms with E-state index in [1.165, 1.54) is 17.0 Å². The maximum Gasteiger partial charge on any atom is 0.242 e. The van der Waals surface area contributed by atoms with Crippen molar-refractivity contribution in [3.8, 4) is 0 Å². The fraction of sp³-hybridized carbons (Fsp3) is 0.500. The highest BCUT2D eigenvalue weighted by Gasteiger charge is 2.17. The molecule has 22 heavy (non-hydrogen) atoms. The molecule has 2 amide bonds. The second-order valence-electron chi connectivity index (χ2n) is 6.36. The highest BCUT2D eigenvalue weighted by atomic mass is 19.1. The normalized spacial score (nSPS) is 11.0. The molecule has 2 N–H and O–H groups in total. The van der Waals surface area contributed by atoms with Crippen LogP contribution in [0, 0.1) is 12.7 Å². The van der Waals surface area contributed by atoms with Gasteiger partial charge in [-0.2, -0.15) is 0 Å². The van der Waals surface area contributed by atoms with E-state index in [2.05, 4.69) is 10.6 Å². The molecule has 0 bridgehead atoms. The van der Waals surface area contributed by atoms with Crippen molar-refractivity contribution in [2.24, 2.45) is 0 Å². The first-order valence-corrected chi connectivity index (χ1v) is 7.13. The molecule has 0 saturated heterocycles. The number of anilines is 1. The van der Waals surface area contributed by atoms with Crippen LogP contribution in [-0.2, 0) is 9.59 Å². The Balaban J connectivity index is 2.51. The third kappa shape index (κ3) is 6.11. The molecule has 0 aliphatic carbocycles. The maximum absolute atomic E-state index is 13.2. The van der Waals surface area contributed by atoms with Gasteiger partial charge >= 0.3 is 0 Å². The summed E-state index contributed by atoms with van der Waals surface area (Å²) in [5.74, 6) is -0.823. The predicted molar refractivity (Wildman–Crippen MR) is 85.2 cm³/mol. The van der Waals surface area contributed by atoms with Crippen LogP contribution >= 0.6 is 0 Å². The van der Waals surface area contributed by atoms with Gasteiger partial charge in [0.2, 0.25) is 11.8 Å². The molecule has 0 atom stereocenters. The first kappa shape index (κ1) is 17.9. The van der Waals surface area contributed by atoms with E-state index in [1.807, 2.05) is 27.7 Å². The van der Waals surface area contributed by atoms with Crippen molar-refractivity contribution < 1.29 is 14.0 Å². The van der Waals surface area contributed by atoms with E-state index in [0.717, 1.165) is 5.56 Å². The molecule has 6 heteroatoms. The van der Waals surface area contributed by atoms with Crippen LogP contribution in [0.2, 0.25) is 0 Å². The van der Waals surface area contributed by atoms with Crippen LogP contribution in [0.25, 0.3) is 0 Å². The third-order valence-corrected chi connectivity index (χ3v) is 2.95. The number of hydrogen-bond donors (Lipinski definition) is 2. The lowest BCUT2D eigenvalue weighted by molar-refractivity contribution is -0.133. The summed E-state index contributed by atoms with van der Waals surface area (Å²) in [6.07, 6.45) is 0. The van der Waals surface area contributed by atoms with Crippen molar-refractivity contribution >= 4 is 17.5 Å². The maximum atomic E-state index is 13.2. The number of halogens is 1. The van der Waals surface area contributed by atoms with Crippen LogP contribution in [-0.4, -0.2) is 42.4 Å². The standard InChI is InChI=1S/C16H24FN3O2/c1-11-6-7-12(17)8-13(11)18-9-15(22)20(5)10-14(21)19-16(2,3)4/h6-8,18H,9-10H2,1-5H3,(H,19,21). The smallest absolute Gasteiger partial charge is 0.242 e. The van der Waals surface area contributed by atoms with Gasteiger partial charge < -0.3 is 15.5 Å². The molecule has 1 aromatic carbocycles. The molecule has 0 unspecified atom stereocenters. The van der Waals surface area contributed by atoms with Crippen LogP contribution in [0.5, 0.6) is 0 Å². The number of benzene rings is 1. The van der Waals surface area contributed by atoms with Crippen LogP contribution in [0.1, 0.15) is 26.3 Å². The summed E-state index contributed by atoms with van der Waals surface area (Å²) in [6, 6.07) is 4.35. The zero-order valence-electron chi connectivity index (χ0n) is 13.8. The highest BCUT2D eigenvalue weighted by Crippen LogP contribution is 2.15. The van der Waals surface area contributed by atoms with Crippen molar-refractivity contribution in [3.63, 3.8) is 0 Å². The number of nitrogens with zero attached hydrogens (tertiary/aromatic N) is 1. The Morgan fingerprint density at radius 3 is 2.50 bits per heavy atom. The lowest BCUT2D eigenvalue weighted by Gasteiger charge is -2.23. The van der Waals surface area contributed by atoms with Gasteiger partial charge in [0, 0.05) is 18.3 Å². The predicted octanol–water partition coefficient (Wildman–Crippen LogP) is 1.92. The number of aryl methyl sites for hydroxylation is 1. The van der Waals surface area contributed by atoms with Crippen LogP contribution in [0.4, 0.5) is 10.1 Å². The first-order chi connectivity index (χ1) is 10.1. The minimum absolute atomic E-state index is 0.00356. The number of hydrogen-bond acceptors (Lipinski definition) is 3. The Labute approximate surface area is 130 Å². The fourth-order valence-electron chi connectivity index (χ4n) is 1.85. The first-order valence-electron chi connectivity index (χ1n) is 7.13. The van der Waals surface area contributed by atoms with Crippen LogP contribution in [0.15, 0.2) is 18.2 Å². The minimum Gasteiger partial charge on any atom is -0.376 e. The average molecular weight is 309 g/mol. The van der Waals surface area contributed by atoms with Crippen LogP contribution in [0.3, 0.4) is 0 Å². The molecule has 1 aromatic rings. The van der Waals surface area contributed by atoms with E-state index in [-0.39, 0.29) is 36.3 Å². The fourth-order valence-corrected chi connectivity index (χ4v) is 1.85. The molecule has 0 aliphatic rings. The summed E-state index contributed by atoms with van der Waals surface area (Å²) >= 11 is 0. The Hall–Kier alpha value is -2.11. The molecule has 0 aliphatic heterocycles. The van der Waals surface area contributed by atoms with Crippen molar-refractivity contribution in [1.82, 2.24) is 10.2 Å². The van der Waals surface area contributed by atoms with Gasteiger partial charge in [0.25, 0.3) is 0 Å². The van der Waals surface area contributed by atoms with Gasteiger partial charge in [-0.25, -0.2) is 4.39 Å². The number of carbonyl (C=O) groups is 2. The van der Waals surface area contributed by atoms with Crippen molar-refractivity contribution in [2.45, 2.75) is 33.2 Å². The second-order valence-corrected chi connectivity index (χ2v) is 6.36. The molecule has 122 valence electrons. The molecular formula is C16H24FN3O2. The molecule has 1 rings (SSSR count). The largest absolute Gasteiger partial charge is 0.376 e. The summed E-state index contributed by atoms with van der Waals surface area (Å²) in [5.41, 5.74) is 1.08. The third-order valence-electron chi connectivity index (χ3n) is 2.95. The second kappa shape index (κ2) is 7.24. The van der Waals surface area contributed by atoms with Crippen LogP contribution < -0.4 is 10.6 Å². The van der Waals surface area contributed by atoms with E-state index in [1.54, 1.807) is 13.1 Å². The van der Waals surface area contributed by atoms with Crippen molar-refractivity contribution in [1.29, 1.82) is 0 Å². The monoisotopic (exact) mass is 309 g/mol. The average Bonchev–Trinajstić information content (AvgIpc) is 2.37. The van der Waals surface area contributed by atoms with Gasteiger partial charge in [0.15, 0.2) is 0 Å². The highest BCUT2D eigenvalue weighted by molar-refractivity contribution is 5.87. The Morgan fingerprint density at radius 1 is 1.27 bits per heavy atom. The molecule has 0 radical (unpaired) electrons. The Kier molecular flexibility index (Phi) is 5.91. The van der Waals surface area contributed by atoms with E-state index in [9.17, 15) is 14.0 Å². The molecular weight excluding hydrogens is 285 g/mol. The lowest BCUT2D eigenvalue weighted by atomic mass is 10.1. The van der Waals surface area contributed by atoms with Gasteiger partial charge in [-0.15, -0.1) is 0 Å². The summed E-state index contributed by atoms with van der Waals surface area (Å²) in [6.45, 7) is 7.44. The number of carbonyl (C=O) groups excluding carboxylic acids is 2. The van der Waals surface area contributed by atoms with E-state index < -0.39 is 0 Å². The Bertz CT molecular complexity index is 553. The number of amides is 2. The molecule has 5 nitrogen and oxygen atoms in total. The van der Waals surface area contributed by atoms with Gasteiger partial charge in [-0.3, -0.25) is 9.59 Å². The quantitative estimate of drug-likeness (QED) is 0.873. The SMILES string of the molecule is Cc1ccc(F)cc1NCC(=O)N(C)CC(=O)NC(C)(C)C. The zero-order valence-corrected chi connectivity index (χ0v) is 13.8. The van der Waals surface area contributed by atoms with Gasteiger partial charge in [-0.1, -0.05) is 6.07 Å². The molecule has 0 fully saturated rings. The number of likely N-dealkylation sites (N-methyl/N-ethyl adjacent to an activating group) is 1. The van der Waals surface area contributed by atoms with Crippen molar-refractivity contribution in [2.75, 3.05) is 25.5 Å². The number of nitrogens with one attached hydrogen (secondary N) is 2. The van der Waals surface area contributed by atoms with Crippen molar-refractivity contribution in [3.05, 3.63) is 29.6 Å².